The van der Waals surface area contributed by atoms with Crippen LogP contribution in [0.25, 0.3) is 0 Å². The van der Waals surface area contributed by atoms with Crippen LogP contribution in [0.15, 0.2) is 36.5 Å². The summed E-state index contributed by atoms with van der Waals surface area (Å²) in [7, 11) is 1.82. The highest BCUT2D eigenvalue weighted by atomic mass is 35.5. The first-order chi connectivity index (χ1) is 8.70. The molecule has 0 atom stereocenters. The van der Waals surface area contributed by atoms with Gasteiger partial charge in [-0.15, -0.1) is 0 Å². The van der Waals surface area contributed by atoms with Crippen LogP contribution in [0.4, 0.5) is 5.82 Å². The number of pyridine rings is 1. The number of hydrogen-bond donors (Lipinski definition) is 1. The molecule has 2 rings (SSSR count). The predicted molar refractivity (Wildman–Crippen MR) is 74.6 cm³/mol. The molecule has 0 saturated carbocycles. The fourth-order valence-corrected chi connectivity index (χ4v) is 1.80. The third-order valence-corrected chi connectivity index (χ3v) is 3.19. The Morgan fingerprint density at radius 1 is 1.28 bits per heavy atom. The van der Waals surface area contributed by atoms with Crippen LogP contribution in [0.5, 0.6) is 5.75 Å². The summed E-state index contributed by atoms with van der Waals surface area (Å²) in [6, 6.07) is 9.11. The zero-order valence-electron chi connectivity index (χ0n) is 9.78. The molecule has 94 valence electrons. The summed E-state index contributed by atoms with van der Waals surface area (Å²) in [5.41, 5.74) is 1.00. The van der Waals surface area contributed by atoms with E-state index in [0.29, 0.717) is 22.4 Å². The summed E-state index contributed by atoms with van der Waals surface area (Å²) < 4.78 is 5.63. The van der Waals surface area contributed by atoms with Gasteiger partial charge in [-0.2, -0.15) is 0 Å². The van der Waals surface area contributed by atoms with Crippen LogP contribution in [0.1, 0.15) is 5.56 Å². The summed E-state index contributed by atoms with van der Waals surface area (Å²) in [5, 5.41) is 3.89. The number of benzene rings is 1. The Morgan fingerprint density at radius 3 is 2.89 bits per heavy atom. The van der Waals surface area contributed by atoms with Gasteiger partial charge in [-0.1, -0.05) is 29.3 Å². The van der Waals surface area contributed by atoms with Crippen molar-refractivity contribution in [3.63, 3.8) is 0 Å². The average molecular weight is 283 g/mol. The number of ether oxygens (including phenoxy) is 1. The Balaban J connectivity index is 2.09. The average Bonchev–Trinajstić information content (AvgIpc) is 2.41. The van der Waals surface area contributed by atoms with Gasteiger partial charge in [-0.05, 0) is 29.8 Å². The van der Waals surface area contributed by atoms with Crippen molar-refractivity contribution < 1.29 is 4.74 Å². The second-order valence-electron chi connectivity index (χ2n) is 3.64. The molecule has 5 heteroatoms. The minimum Gasteiger partial charge on any atom is -0.487 e. The molecule has 1 aromatic heterocycles. The second-order valence-corrected chi connectivity index (χ2v) is 4.43. The second kappa shape index (κ2) is 5.94. The van der Waals surface area contributed by atoms with E-state index in [-0.39, 0.29) is 0 Å². The smallest absolute Gasteiger partial charge is 0.139 e. The van der Waals surface area contributed by atoms with E-state index in [1.807, 2.05) is 19.2 Å². The normalized spacial score (nSPS) is 10.2. The van der Waals surface area contributed by atoms with Gasteiger partial charge in [0.15, 0.2) is 0 Å². The monoisotopic (exact) mass is 282 g/mol. The van der Waals surface area contributed by atoms with Crippen LogP contribution in [0, 0.1) is 0 Å². The summed E-state index contributed by atoms with van der Waals surface area (Å²) in [6.45, 7) is 0.414. The highest BCUT2D eigenvalue weighted by molar-refractivity contribution is 6.42. The van der Waals surface area contributed by atoms with E-state index in [0.717, 1.165) is 11.4 Å². The number of hydrogen-bond acceptors (Lipinski definition) is 3. The first kappa shape index (κ1) is 13.0. The minimum atomic E-state index is 0.414. The lowest BCUT2D eigenvalue weighted by Gasteiger charge is -2.09. The third-order valence-electron chi connectivity index (χ3n) is 2.39. The molecule has 1 N–H and O–H groups in total. The number of nitrogens with zero attached hydrogens (tertiary/aromatic N) is 1. The van der Waals surface area contributed by atoms with Crippen molar-refractivity contribution in [2.75, 3.05) is 12.4 Å². The van der Waals surface area contributed by atoms with E-state index in [2.05, 4.69) is 10.3 Å². The van der Waals surface area contributed by atoms with Gasteiger partial charge in [0.1, 0.15) is 23.2 Å². The molecule has 0 unspecified atom stereocenters. The maximum atomic E-state index is 6.04. The van der Waals surface area contributed by atoms with Crippen LogP contribution in [0.2, 0.25) is 10.0 Å². The highest BCUT2D eigenvalue weighted by Gasteiger charge is 2.05. The van der Waals surface area contributed by atoms with Crippen molar-refractivity contribution in [2.24, 2.45) is 0 Å². The lowest BCUT2D eigenvalue weighted by atomic mass is 10.3. The molecule has 0 spiro atoms. The Kier molecular flexibility index (Phi) is 4.28. The van der Waals surface area contributed by atoms with Crippen molar-refractivity contribution in [3.8, 4) is 5.75 Å². The zero-order chi connectivity index (χ0) is 13.0. The lowest BCUT2D eigenvalue weighted by Crippen LogP contribution is -1.98. The SMILES string of the molecule is CNc1cc(COc2cccc(Cl)c2Cl)ccn1. The van der Waals surface area contributed by atoms with Crippen LogP contribution in [0.3, 0.4) is 0 Å². The van der Waals surface area contributed by atoms with Crippen molar-refractivity contribution in [2.45, 2.75) is 6.61 Å². The van der Waals surface area contributed by atoms with Crippen LogP contribution in [-0.2, 0) is 6.61 Å². The van der Waals surface area contributed by atoms with Crippen LogP contribution in [-0.4, -0.2) is 12.0 Å². The topological polar surface area (TPSA) is 34.1 Å². The van der Waals surface area contributed by atoms with Crippen molar-refractivity contribution in [3.05, 3.63) is 52.1 Å². The number of aromatic nitrogens is 1. The van der Waals surface area contributed by atoms with Crippen LogP contribution >= 0.6 is 23.2 Å². The molecule has 2 aromatic rings. The van der Waals surface area contributed by atoms with Gasteiger partial charge in [0.25, 0.3) is 0 Å². The quantitative estimate of drug-likeness (QED) is 0.920. The van der Waals surface area contributed by atoms with Gasteiger partial charge in [0, 0.05) is 13.2 Å². The minimum absolute atomic E-state index is 0.414. The van der Waals surface area contributed by atoms with Crippen molar-refractivity contribution in [1.82, 2.24) is 4.98 Å². The largest absolute Gasteiger partial charge is 0.487 e. The van der Waals surface area contributed by atoms with E-state index in [4.69, 9.17) is 27.9 Å². The third kappa shape index (κ3) is 3.06. The molecule has 0 bridgehead atoms. The number of halogens is 2. The zero-order valence-corrected chi connectivity index (χ0v) is 11.3. The fraction of sp³-hybridized carbons (Fsp3) is 0.154. The van der Waals surface area contributed by atoms with Gasteiger partial charge in [0.2, 0.25) is 0 Å². The standard InChI is InChI=1S/C13H12Cl2N2O/c1-16-12-7-9(5-6-17-12)8-18-11-4-2-3-10(14)13(11)15/h2-7H,8H2,1H3,(H,16,17). The van der Waals surface area contributed by atoms with Gasteiger partial charge < -0.3 is 10.1 Å². The maximum Gasteiger partial charge on any atom is 0.139 e. The van der Waals surface area contributed by atoms with Gasteiger partial charge in [-0.3, -0.25) is 0 Å². The molecule has 18 heavy (non-hydrogen) atoms. The van der Waals surface area contributed by atoms with E-state index < -0.39 is 0 Å². The molecule has 0 fully saturated rings. The molecule has 1 aromatic carbocycles. The first-order valence-electron chi connectivity index (χ1n) is 5.40. The van der Waals surface area contributed by atoms with Gasteiger partial charge in [0.05, 0.1) is 5.02 Å². The molecule has 0 aliphatic heterocycles. The van der Waals surface area contributed by atoms with Gasteiger partial charge >= 0.3 is 0 Å². The first-order valence-corrected chi connectivity index (χ1v) is 6.16. The lowest BCUT2D eigenvalue weighted by molar-refractivity contribution is 0.306. The number of nitrogens with one attached hydrogen (secondary N) is 1. The van der Waals surface area contributed by atoms with E-state index in [1.54, 1.807) is 24.4 Å². The molecule has 0 saturated heterocycles. The molecule has 0 amide bonds. The molecular weight excluding hydrogens is 271 g/mol. The van der Waals surface area contributed by atoms with Crippen molar-refractivity contribution in [1.29, 1.82) is 0 Å². The predicted octanol–water partition coefficient (Wildman–Crippen LogP) is 4.01. The Labute approximate surface area is 116 Å². The van der Waals surface area contributed by atoms with Crippen LogP contribution < -0.4 is 10.1 Å². The molecule has 3 nitrogen and oxygen atoms in total. The highest BCUT2D eigenvalue weighted by Crippen LogP contribution is 2.31. The molecule has 0 aliphatic rings. The summed E-state index contributed by atoms with van der Waals surface area (Å²) in [5.74, 6) is 1.38. The number of anilines is 1. The Hall–Kier alpha value is -1.45. The van der Waals surface area contributed by atoms with E-state index >= 15 is 0 Å². The van der Waals surface area contributed by atoms with Gasteiger partial charge in [-0.25, -0.2) is 4.98 Å². The maximum absolute atomic E-state index is 6.04. The summed E-state index contributed by atoms with van der Waals surface area (Å²) in [4.78, 5) is 4.13. The molecule has 0 aliphatic carbocycles. The van der Waals surface area contributed by atoms with E-state index in [9.17, 15) is 0 Å². The summed E-state index contributed by atoms with van der Waals surface area (Å²) in [6.07, 6.45) is 1.73. The molecule has 0 radical (unpaired) electrons. The van der Waals surface area contributed by atoms with Crippen molar-refractivity contribution >= 4 is 29.0 Å². The fourth-order valence-electron chi connectivity index (χ4n) is 1.46. The molecular formula is C13H12Cl2N2O. The Bertz CT molecular complexity index is 546. The number of rotatable bonds is 4. The summed E-state index contributed by atoms with van der Waals surface area (Å²) >= 11 is 11.9. The van der Waals surface area contributed by atoms with E-state index in [1.165, 1.54) is 0 Å². The Morgan fingerprint density at radius 2 is 2.11 bits per heavy atom. The molecule has 1 heterocycles.